The van der Waals surface area contributed by atoms with Crippen LogP contribution in [0.3, 0.4) is 0 Å². The number of nitrogens with two attached hydrogens (primary N) is 2. The van der Waals surface area contributed by atoms with E-state index in [-0.39, 0.29) is 11.9 Å². The fourth-order valence-corrected chi connectivity index (χ4v) is 3.39. The number of nitrogens with zero attached hydrogens (tertiary/aromatic N) is 3. The van der Waals surface area contributed by atoms with Gasteiger partial charge in [-0.05, 0) is 46.2 Å². The van der Waals surface area contributed by atoms with E-state index in [4.69, 9.17) is 16.4 Å². The highest BCUT2D eigenvalue weighted by Gasteiger charge is 2.17. The normalized spacial score (nSPS) is 11.6. The molecule has 0 unspecified atom stereocenters. The van der Waals surface area contributed by atoms with Gasteiger partial charge in [-0.1, -0.05) is 56.3 Å². The van der Waals surface area contributed by atoms with Crippen molar-refractivity contribution in [1.29, 1.82) is 0 Å². The summed E-state index contributed by atoms with van der Waals surface area (Å²) in [6, 6.07) is 15.9. The molecule has 0 spiro atoms. The van der Waals surface area contributed by atoms with Gasteiger partial charge in [0.1, 0.15) is 0 Å². The summed E-state index contributed by atoms with van der Waals surface area (Å²) in [6.45, 7) is 5.03. The Hall–Kier alpha value is -3.87. The quantitative estimate of drug-likeness (QED) is 0.234. The molecule has 1 heterocycles. The summed E-state index contributed by atoms with van der Waals surface area (Å²) >= 11 is 0. The fraction of sp³-hybridized carbons (Fsp3) is 0.240. The molecule has 0 aliphatic rings. The lowest BCUT2D eigenvalue weighted by atomic mass is 10.0. The number of ether oxygens (including phenoxy) is 1. The predicted octanol–water partition coefficient (Wildman–Crippen LogP) is 3.53. The number of carbonyl (C=O) groups is 1. The van der Waals surface area contributed by atoms with Gasteiger partial charge in [0, 0.05) is 18.9 Å². The highest BCUT2D eigenvalue weighted by atomic mass is 16.5. The molecule has 0 atom stereocenters. The Bertz CT molecular complexity index is 1100. The minimum absolute atomic E-state index is 0.271. The van der Waals surface area contributed by atoms with Gasteiger partial charge in [0.25, 0.3) is 0 Å². The lowest BCUT2D eigenvalue weighted by Crippen LogP contribution is -2.11. The summed E-state index contributed by atoms with van der Waals surface area (Å²) in [6.07, 6.45) is 7.68. The number of hydrogen-bond acceptors (Lipinski definition) is 6. The van der Waals surface area contributed by atoms with Crippen molar-refractivity contribution in [1.82, 2.24) is 4.57 Å². The third kappa shape index (κ3) is 6.31. The molecule has 166 valence electrons. The molecule has 0 aliphatic carbocycles. The lowest BCUT2D eigenvalue weighted by Gasteiger charge is -2.08. The van der Waals surface area contributed by atoms with E-state index in [0.29, 0.717) is 25.1 Å². The Balaban J connectivity index is 1.87. The van der Waals surface area contributed by atoms with Crippen molar-refractivity contribution in [2.75, 3.05) is 6.61 Å². The second kappa shape index (κ2) is 10.9. The van der Waals surface area contributed by atoms with Gasteiger partial charge in [0.15, 0.2) is 0 Å². The molecule has 0 aliphatic heterocycles. The average Bonchev–Trinajstić information content (AvgIpc) is 3.16. The van der Waals surface area contributed by atoms with Crippen molar-refractivity contribution in [2.24, 2.45) is 27.8 Å². The minimum Gasteiger partial charge on any atom is -0.462 e. The molecule has 0 amide bonds. The first-order valence-corrected chi connectivity index (χ1v) is 10.5. The van der Waals surface area contributed by atoms with Crippen molar-refractivity contribution >= 4 is 18.4 Å². The first-order valence-electron chi connectivity index (χ1n) is 10.5. The maximum Gasteiger partial charge on any atom is 0.339 e. The molecule has 0 radical (unpaired) electrons. The molecular weight excluding hydrogens is 402 g/mol. The van der Waals surface area contributed by atoms with Crippen LogP contribution in [0.5, 0.6) is 0 Å². The number of hydrazone groups is 2. The van der Waals surface area contributed by atoms with Crippen molar-refractivity contribution in [2.45, 2.75) is 26.8 Å². The van der Waals surface area contributed by atoms with E-state index in [1.807, 2.05) is 79.3 Å². The molecule has 3 rings (SSSR count). The van der Waals surface area contributed by atoms with Crippen LogP contribution in [0, 0.1) is 5.92 Å². The first kappa shape index (κ1) is 22.8. The Labute approximate surface area is 188 Å². The summed E-state index contributed by atoms with van der Waals surface area (Å²) < 4.78 is 7.53. The maximum atomic E-state index is 12.8. The molecular formula is C25H29N5O2. The third-order valence-electron chi connectivity index (χ3n) is 4.87. The van der Waals surface area contributed by atoms with E-state index in [0.717, 1.165) is 27.8 Å². The van der Waals surface area contributed by atoms with Crippen LogP contribution in [-0.2, 0) is 17.7 Å². The van der Waals surface area contributed by atoms with E-state index >= 15 is 0 Å². The zero-order valence-corrected chi connectivity index (χ0v) is 18.4. The standard InChI is InChI=1S/C25H29N5O2/c1-18(2)17-32-25(31)24-16-30(14-22-5-3-4-21(10-22)13-29-27)15-23(24)11-19-6-8-20(9-7-19)12-28-26/h3-10,12-13,15-16,18H,11,14,17,26-27H2,1-2H3. The van der Waals surface area contributed by atoms with E-state index in [1.165, 1.54) is 0 Å². The Kier molecular flexibility index (Phi) is 7.80. The lowest BCUT2D eigenvalue weighted by molar-refractivity contribution is 0.0458. The van der Waals surface area contributed by atoms with Crippen LogP contribution >= 0.6 is 0 Å². The molecule has 0 bridgehead atoms. The van der Waals surface area contributed by atoms with Gasteiger partial charge in [0.2, 0.25) is 0 Å². The topological polar surface area (TPSA) is 108 Å². The van der Waals surface area contributed by atoms with Crippen molar-refractivity contribution in [3.63, 3.8) is 0 Å². The molecule has 1 aromatic heterocycles. The Morgan fingerprint density at radius 3 is 2.41 bits per heavy atom. The number of hydrogen-bond donors (Lipinski definition) is 2. The summed E-state index contributed by atoms with van der Waals surface area (Å²) in [7, 11) is 0. The van der Waals surface area contributed by atoms with Crippen LogP contribution in [-0.4, -0.2) is 29.6 Å². The van der Waals surface area contributed by atoms with Crippen LogP contribution in [0.25, 0.3) is 0 Å². The zero-order valence-electron chi connectivity index (χ0n) is 18.4. The Morgan fingerprint density at radius 1 is 1.00 bits per heavy atom. The molecule has 0 saturated carbocycles. The van der Waals surface area contributed by atoms with Gasteiger partial charge in [0.05, 0.1) is 24.6 Å². The molecule has 2 aromatic carbocycles. The van der Waals surface area contributed by atoms with Crippen LogP contribution < -0.4 is 11.7 Å². The first-order chi connectivity index (χ1) is 15.5. The van der Waals surface area contributed by atoms with Crippen LogP contribution in [0.4, 0.5) is 0 Å². The highest BCUT2D eigenvalue weighted by molar-refractivity contribution is 5.91. The summed E-state index contributed by atoms with van der Waals surface area (Å²) in [4.78, 5) is 12.8. The van der Waals surface area contributed by atoms with Gasteiger partial charge in [-0.3, -0.25) is 0 Å². The number of benzene rings is 2. The van der Waals surface area contributed by atoms with Gasteiger partial charge in [-0.15, -0.1) is 0 Å². The molecule has 7 heteroatoms. The second-order valence-electron chi connectivity index (χ2n) is 8.08. The fourth-order valence-electron chi connectivity index (χ4n) is 3.39. The second-order valence-corrected chi connectivity index (χ2v) is 8.08. The number of carbonyl (C=O) groups excluding carboxylic acids is 1. The smallest absolute Gasteiger partial charge is 0.339 e. The van der Waals surface area contributed by atoms with E-state index in [1.54, 1.807) is 12.4 Å². The van der Waals surface area contributed by atoms with Gasteiger partial charge in [-0.2, -0.15) is 10.2 Å². The third-order valence-corrected chi connectivity index (χ3v) is 4.87. The van der Waals surface area contributed by atoms with Crippen molar-refractivity contribution in [3.05, 3.63) is 94.3 Å². The molecule has 0 saturated heterocycles. The monoisotopic (exact) mass is 431 g/mol. The summed E-state index contributed by atoms with van der Waals surface area (Å²) in [5.41, 5.74) is 5.50. The minimum atomic E-state index is -0.302. The maximum absolute atomic E-state index is 12.8. The average molecular weight is 432 g/mol. The van der Waals surface area contributed by atoms with E-state index in [2.05, 4.69) is 10.2 Å². The van der Waals surface area contributed by atoms with Crippen molar-refractivity contribution < 1.29 is 9.53 Å². The Morgan fingerprint density at radius 2 is 1.72 bits per heavy atom. The zero-order chi connectivity index (χ0) is 22.9. The van der Waals surface area contributed by atoms with Crippen molar-refractivity contribution in [3.8, 4) is 0 Å². The molecule has 4 N–H and O–H groups in total. The van der Waals surface area contributed by atoms with Crippen LogP contribution in [0.15, 0.2) is 71.1 Å². The van der Waals surface area contributed by atoms with Gasteiger partial charge < -0.3 is 21.0 Å². The number of rotatable bonds is 9. The molecule has 3 aromatic rings. The predicted molar refractivity (Wildman–Crippen MR) is 128 cm³/mol. The number of aromatic nitrogens is 1. The highest BCUT2D eigenvalue weighted by Crippen LogP contribution is 2.19. The van der Waals surface area contributed by atoms with E-state index in [9.17, 15) is 4.79 Å². The van der Waals surface area contributed by atoms with Gasteiger partial charge >= 0.3 is 5.97 Å². The summed E-state index contributed by atoms with van der Waals surface area (Å²) in [5, 5.41) is 7.13. The molecule has 32 heavy (non-hydrogen) atoms. The number of esters is 1. The van der Waals surface area contributed by atoms with Crippen LogP contribution in [0.2, 0.25) is 0 Å². The summed E-state index contributed by atoms with van der Waals surface area (Å²) in [5.74, 6) is 10.5. The molecule has 7 nitrogen and oxygen atoms in total. The largest absolute Gasteiger partial charge is 0.462 e. The van der Waals surface area contributed by atoms with Crippen LogP contribution in [0.1, 0.15) is 52.0 Å². The molecule has 0 fully saturated rings. The van der Waals surface area contributed by atoms with E-state index < -0.39 is 0 Å². The van der Waals surface area contributed by atoms with Gasteiger partial charge in [-0.25, -0.2) is 4.79 Å². The SMILES string of the molecule is CC(C)COC(=O)c1cn(Cc2cccc(C=NN)c2)cc1Cc1ccc(C=NN)cc1.